The van der Waals surface area contributed by atoms with Gasteiger partial charge in [-0.15, -0.1) is 0 Å². The minimum Gasteiger partial charge on any atom is -0.299 e. The van der Waals surface area contributed by atoms with Crippen LogP contribution in [0.5, 0.6) is 0 Å². The topological polar surface area (TPSA) is 34.1 Å². The maximum atomic E-state index is 11.7. The zero-order valence-corrected chi connectivity index (χ0v) is 8.02. The first-order valence-corrected chi connectivity index (χ1v) is 4.57. The van der Waals surface area contributed by atoms with E-state index >= 15 is 0 Å². The molecule has 0 aliphatic heterocycles. The summed E-state index contributed by atoms with van der Waals surface area (Å²) in [7, 11) is 0. The number of carbonyl (C=O) groups is 2. The van der Waals surface area contributed by atoms with E-state index in [1.54, 1.807) is 13.8 Å². The van der Waals surface area contributed by atoms with Gasteiger partial charge in [-0.25, -0.2) is 0 Å². The molecule has 1 saturated carbocycles. The molecule has 0 amide bonds. The highest BCUT2D eigenvalue weighted by Gasteiger charge is 2.42. The van der Waals surface area contributed by atoms with Crippen molar-refractivity contribution in [1.29, 1.82) is 0 Å². The summed E-state index contributed by atoms with van der Waals surface area (Å²) in [6.07, 6.45) is 2.21. The van der Waals surface area contributed by atoms with Crippen molar-refractivity contribution < 1.29 is 9.59 Å². The van der Waals surface area contributed by atoms with Crippen molar-refractivity contribution in [2.24, 2.45) is 11.3 Å². The Hall–Kier alpha value is -0.660. The lowest BCUT2D eigenvalue weighted by atomic mass is 9.69. The van der Waals surface area contributed by atoms with Gasteiger partial charge >= 0.3 is 0 Å². The van der Waals surface area contributed by atoms with Crippen LogP contribution in [0.2, 0.25) is 0 Å². The Kier molecular flexibility index (Phi) is 2.36. The van der Waals surface area contributed by atoms with Gasteiger partial charge in [-0.05, 0) is 26.7 Å². The van der Waals surface area contributed by atoms with Crippen LogP contribution < -0.4 is 0 Å². The number of Topliss-reactive ketones (excluding diaryl/α,β-unsaturated/α-hetero) is 2. The molecule has 1 aliphatic rings. The van der Waals surface area contributed by atoms with Crippen LogP contribution >= 0.6 is 0 Å². The number of carbonyl (C=O) groups excluding carboxylic acids is 2. The molecule has 0 aromatic carbocycles. The van der Waals surface area contributed by atoms with Gasteiger partial charge in [-0.1, -0.05) is 6.92 Å². The fourth-order valence-corrected chi connectivity index (χ4v) is 1.79. The van der Waals surface area contributed by atoms with E-state index in [1.807, 2.05) is 6.92 Å². The first kappa shape index (κ1) is 9.43. The van der Waals surface area contributed by atoms with Crippen molar-refractivity contribution in [2.45, 2.75) is 40.0 Å². The van der Waals surface area contributed by atoms with E-state index in [0.717, 1.165) is 12.8 Å². The van der Waals surface area contributed by atoms with Crippen LogP contribution in [0, 0.1) is 11.3 Å². The number of rotatable bonds is 1. The second-order valence-electron chi connectivity index (χ2n) is 4.06. The molecule has 0 saturated heterocycles. The van der Waals surface area contributed by atoms with E-state index in [0.29, 0.717) is 6.42 Å². The van der Waals surface area contributed by atoms with E-state index in [2.05, 4.69) is 0 Å². The second kappa shape index (κ2) is 3.00. The standard InChI is InChI=1S/C10H16O2/c1-4-7-5-6-8(11)10(2,3)9(7)12/h7H,4-6H2,1-3H3. The van der Waals surface area contributed by atoms with Gasteiger partial charge in [0.1, 0.15) is 11.6 Å². The molecule has 0 radical (unpaired) electrons. The molecule has 68 valence electrons. The third kappa shape index (κ3) is 1.30. The minimum atomic E-state index is -0.709. The quantitative estimate of drug-likeness (QED) is 0.561. The smallest absolute Gasteiger partial charge is 0.148 e. The molecule has 1 fully saturated rings. The molecule has 0 heterocycles. The molecule has 12 heavy (non-hydrogen) atoms. The van der Waals surface area contributed by atoms with Gasteiger partial charge in [0.25, 0.3) is 0 Å². The summed E-state index contributed by atoms with van der Waals surface area (Å²) in [6, 6.07) is 0. The summed E-state index contributed by atoms with van der Waals surface area (Å²) in [6.45, 7) is 5.51. The third-order valence-corrected chi connectivity index (χ3v) is 2.90. The fourth-order valence-electron chi connectivity index (χ4n) is 1.79. The normalized spacial score (nSPS) is 29.1. The summed E-state index contributed by atoms with van der Waals surface area (Å²) in [5.74, 6) is 0.371. The highest BCUT2D eigenvalue weighted by Crippen LogP contribution is 2.33. The van der Waals surface area contributed by atoms with Gasteiger partial charge < -0.3 is 0 Å². The van der Waals surface area contributed by atoms with Crippen LogP contribution in [0.15, 0.2) is 0 Å². The minimum absolute atomic E-state index is 0.109. The molecule has 0 aromatic rings. The van der Waals surface area contributed by atoms with Crippen LogP contribution in [-0.4, -0.2) is 11.6 Å². The van der Waals surface area contributed by atoms with Gasteiger partial charge in [0.05, 0.1) is 5.41 Å². The van der Waals surface area contributed by atoms with Crippen molar-refractivity contribution >= 4 is 11.6 Å². The van der Waals surface area contributed by atoms with Gasteiger partial charge in [0, 0.05) is 12.3 Å². The molecule has 1 unspecified atom stereocenters. The van der Waals surface area contributed by atoms with Crippen molar-refractivity contribution in [2.75, 3.05) is 0 Å². The van der Waals surface area contributed by atoms with E-state index in [1.165, 1.54) is 0 Å². The van der Waals surface area contributed by atoms with Crippen LogP contribution in [0.1, 0.15) is 40.0 Å². The average Bonchev–Trinajstić information content (AvgIpc) is 2.02. The van der Waals surface area contributed by atoms with Gasteiger partial charge in [0.2, 0.25) is 0 Å². The maximum absolute atomic E-state index is 11.7. The molecule has 0 spiro atoms. The van der Waals surface area contributed by atoms with Crippen molar-refractivity contribution in [3.05, 3.63) is 0 Å². The first-order valence-electron chi connectivity index (χ1n) is 4.57. The van der Waals surface area contributed by atoms with E-state index in [4.69, 9.17) is 0 Å². The van der Waals surface area contributed by atoms with Crippen molar-refractivity contribution in [3.63, 3.8) is 0 Å². The molecule has 0 N–H and O–H groups in total. The molecular formula is C10H16O2. The molecular weight excluding hydrogens is 152 g/mol. The maximum Gasteiger partial charge on any atom is 0.148 e. The molecule has 2 nitrogen and oxygen atoms in total. The summed E-state index contributed by atoms with van der Waals surface area (Å²) in [5, 5.41) is 0. The Balaban J connectivity index is 2.85. The van der Waals surface area contributed by atoms with Crippen LogP contribution in [0.25, 0.3) is 0 Å². The summed E-state index contributed by atoms with van der Waals surface area (Å²) < 4.78 is 0. The summed E-state index contributed by atoms with van der Waals surface area (Å²) >= 11 is 0. The summed E-state index contributed by atoms with van der Waals surface area (Å²) in [5.41, 5.74) is -0.709. The molecule has 2 heteroatoms. The molecule has 1 rings (SSSR count). The van der Waals surface area contributed by atoms with Gasteiger partial charge in [-0.3, -0.25) is 9.59 Å². The highest BCUT2D eigenvalue weighted by atomic mass is 16.2. The molecule has 1 atom stereocenters. The first-order chi connectivity index (χ1) is 5.50. The lowest BCUT2D eigenvalue weighted by Crippen LogP contribution is -2.42. The largest absolute Gasteiger partial charge is 0.299 e. The predicted molar refractivity (Wildman–Crippen MR) is 46.8 cm³/mol. The summed E-state index contributed by atoms with van der Waals surface area (Å²) in [4.78, 5) is 23.0. The third-order valence-electron chi connectivity index (χ3n) is 2.90. The Labute approximate surface area is 73.3 Å². The van der Waals surface area contributed by atoms with Crippen molar-refractivity contribution in [1.82, 2.24) is 0 Å². The van der Waals surface area contributed by atoms with Gasteiger partial charge in [0.15, 0.2) is 0 Å². The van der Waals surface area contributed by atoms with E-state index in [-0.39, 0.29) is 17.5 Å². The Morgan fingerprint density at radius 2 is 2.00 bits per heavy atom. The zero-order chi connectivity index (χ0) is 9.35. The Bertz CT molecular complexity index is 216. The Morgan fingerprint density at radius 1 is 1.42 bits per heavy atom. The second-order valence-corrected chi connectivity index (χ2v) is 4.06. The van der Waals surface area contributed by atoms with E-state index < -0.39 is 5.41 Å². The molecule has 0 bridgehead atoms. The van der Waals surface area contributed by atoms with Crippen LogP contribution in [0.4, 0.5) is 0 Å². The number of hydrogen-bond donors (Lipinski definition) is 0. The van der Waals surface area contributed by atoms with Crippen molar-refractivity contribution in [3.8, 4) is 0 Å². The lowest BCUT2D eigenvalue weighted by Gasteiger charge is -2.31. The monoisotopic (exact) mass is 168 g/mol. The highest BCUT2D eigenvalue weighted by molar-refractivity contribution is 6.09. The van der Waals surface area contributed by atoms with Gasteiger partial charge in [-0.2, -0.15) is 0 Å². The fraction of sp³-hybridized carbons (Fsp3) is 0.800. The van der Waals surface area contributed by atoms with Crippen LogP contribution in [-0.2, 0) is 9.59 Å². The van der Waals surface area contributed by atoms with Crippen LogP contribution in [0.3, 0.4) is 0 Å². The molecule has 1 aliphatic carbocycles. The number of ketones is 2. The Morgan fingerprint density at radius 3 is 2.50 bits per heavy atom. The average molecular weight is 168 g/mol. The lowest BCUT2D eigenvalue weighted by molar-refractivity contribution is -0.145. The SMILES string of the molecule is CCC1CCC(=O)C(C)(C)C1=O. The zero-order valence-electron chi connectivity index (χ0n) is 8.02. The molecule has 0 aromatic heterocycles. The van der Waals surface area contributed by atoms with E-state index in [9.17, 15) is 9.59 Å². The predicted octanol–water partition coefficient (Wildman–Crippen LogP) is 1.97. The number of hydrogen-bond acceptors (Lipinski definition) is 2.